The molecule has 0 amide bonds. The standard InChI is InChI=1S/C19H20FNO3/c1-2-23-19(22)11-16-13-24-18-10-15(20)8-9-17(18)21(16)12-14-6-4-3-5-7-14/h3-10,16H,2,11-13H2,1H3/t16-/m0/s1. The van der Waals surface area contributed by atoms with Crippen LogP contribution in [0.3, 0.4) is 0 Å². The summed E-state index contributed by atoms with van der Waals surface area (Å²) >= 11 is 0. The Labute approximate surface area is 140 Å². The van der Waals surface area contributed by atoms with E-state index in [-0.39, 0.29) is 24.2 Å². The molecule has 0 saturated heterocycles. The molecule has 2 aromatic carbocycles. The first-order chi connectivity index (χ1) is 11.7. The summed E-state index contributed by atoms with van der Waals surface area (Å²) in [6.45, 7) is 3.08. The number of ether oxygens (including phenoxy) is 2. The van der Waals surface area contributed by atoms with E-state index in [9.17, 15) is 9.18 Å². The lowest BCUT2D eigenvalue weighted by Gasteiger charge is -2.38. The molecule has 1 atom stereocenters. The molecule has 1 aliphatic heterocycles. The van der Waals surface area contributed by atoms with Crippen molar-refractivity contribution in [2.24, 2.45) is 0 Å². The van der Waals surface area contributed by atoms with Gasteiger partial charge >= 0.3 is 5.97 Å². The molecule has 0 aromatic heterocycles. The van der Waals surface area contributed by atoms with Gasteiger partial charge in [0.15, 0.2) is 0 Å². The Hall–Kier alpha value is -2.56. The van der Waals surface area contributed by atoms with E-state index in [1.165, 1.54) is 12.1 Å². The maximum atomic E-state index is 13.5. The minimum atomic E-state index is -0.336. The van der Waals surface area contributed by atoms with Gasteiger partial charge in [-0.1, -0.05) is 30.3 Å². The van der Waals surface area contributed by atoms with Crippen molar-refractivity contribution in [1.29, 1.82) is 0 Å². The SMILES string of the molecule is CCOC(=O)C[C@H]1COc2cc(F)ccc2N1Cc1ccccc1. The zero-order valence-electron chi connectivity index (χ0n) is 13.6. The van der Waals surface area contributed by atoms with Crippen molar-refractivity contribution < 1.29 is 18.7 Å². The molecule has 0 radical (unpaired) electrons. The van der Waals surface area contributed by atoms with E-state index in [4.69, 9.17) is 9.47 Å². The van der Waals surface area contributed by atoms with Crippen LogP contribution in [0.5, 0.6) is 5.75 Å². The number of esters is 1. The number of fused-ring (bicyclic) bond motifs is 1. The molecule has 126 valence electrons. The number of nitrogens with zero attached hydrogens (tertiary/aromatic N) is 1. The topological polar surface area (TPSA) is 38.8 Å². The third kappa shape index (κ3) is 3.67. The molecular formula is C19H20FNO3. The second-order valence-electron chi connectivity index (χ2n) is 5.70. The molecule has 2 aromatic rings. The summed E-state index contributed by atoms with van der Waals surface area (Å²) in [7, 11) is 0. The second-order valence-corrected chi connectivity index (χ2v) is 5.70. The van der Waals surface area contributed by atoms with Crippen LogP contribution < -0.4 is 9.64 Å². The summed E-state index contributed by atoms with van der Waals surface area (Å²) in [5.41, 5.74) is 1.91. The van der Waals surface area contributed by atoms with E-state index in [0.717, 1.165) is 11.3 Å². The van der Waals surface area contributed by atoms with Gasteiger partial charge in [-0.2, -0.15) is 0 Å². The summed E-state index contributed by atoms with van der Waals surface area (Å²) in [4.78, 5) is 14.0. The van der Waals surface area contributed by atoms with E-state index in [2.05, 4.69) is 4.90 Å². The lowest BCUT2D eigenvalue weighted by molar-refractivity contribution is -0.143. The normalized spacial score (nSPS) is 16.2. The third-order valence-electron chi connectivity index (χ3n) is 4.01. The highest BCUT2D eigenvalue weighted by Gasteiger charge is 2.30. The lowest BCUT2D eigenvalue weighted by Crippen LogP contribution is -2.44. The van der Waals surface area contributed by atoms with Crippen molar-refractivity contribution in [3.63, 3.8) is 0 Å². The number of benzene rings is 2. The van der Waals surface area contributed by atoms with E-state index in [1.807, 2.05) is 30.3 Å². The largest absolute Gasteiger partial charge is 0.489 e. The van der Waals surface area contributed by atoms with Gasteiger partial charge in [-0.25, -0.2) is 4.39 Å². The first-order valence-corrected chi connectivity index (χ1v) is 8.06. The van der Waals surface area contributed by atoms with Gasteiger partial charge in [0.2, 0.25) is 0 Å². The molecule has 0 bridgehead atoms. The molecule has 4 nitrogen and oxygen atoms in total. The van der Waals surface area contributed by atoms with Crippen LogP contribution in [0.1, 0.15) is 18.9 Å². The zero-order chi connectivity index (χ0) is 16.9. The van der Waals surface area contributed by atoms with E-state index in [0.29, 0.717) is 25.5 Å². The maximum Gasteiger partial charge on any atom is 0.307 e. The van der Waals surface area contributed by atoms with Gasteiger partial charge in [0, 0.05) is 12.6 Å². The highest BCUT2D eigenvalue weighted by Crippen LogP contribution is 2.36. The van der Waals surface area contributed by atoms with Gasteiger partial charge in [-0.15, -0.1) is 0 Å². The van der Waals surface area contributed by atoms with Crippen LogP contribution in [0.25, 0.3) is 0 Å². The van der Waals surface area contributed by atoms with E-state index < -0.39 is 0 Å². The number of anilines is 1. The van der Waals surface area contributed by atoms with Crippen molar-refractivity contribution >= 4 is 11.7 Å². The third-order valence-corrected chi connectivity index (χ3v) is 4.01. The van der Waals surface area contributed by atoms with Crippen molar-refractivity contribution in [3.05, 3.63) is 59.9 Å². The molecule has 0 fully saturated rings. The first-order valence-electron chi connectivity index (χ1n) is 8.06. The molecule has 3 rings (SSSR count). The fourth-order valence-electron chi connectivity index (χ4n) is 2.89. The van der Waals surface area contributed by atoms with Crippen LogP contribution in [0.15, 0.2) is 48.5 Å². The summed E-state index contributed by atoms with van der Waals surface area (Å²) in [6.07, 6.45) is 0.234. The van der Waals surface area contributed by atoms with Gasteiger partial charge in [0.25, 0.3) is 0 Å². The number of hydrogen-bond donors (Lipinski definition) is 0. The summed E-state index contributed by atoms with van der Waals surface area (Å²) in [6, 6.07) is 14.3. The average molecular weight is 329 g/mol. The summed E-state index contributed by atoms with van der Waals surface area (Å²) in [5.74, 6) is -0.0852. The van der Waals surface area contributed by atoms with Crippen LogP contribution in [-0.4, -0.2) is 25.2 Å². The smallest absolute Gasteiger partial charge is 0.307 e. The predicted molar refractivity (Wildman–Crippen MR) is 89.6 cm³/mol. The number of carbonyl (C=O) groups is 1. The number of rotatable bonds is 5. The van der Waals surface area contributed by atoms with Crippen molar-refractivity contribution in [1.82, 2.24) is 0 Å². The highest BCUT2D eigenvalue weighted by molar-refractivity contribution is 5.72. The van der Waals surface area contributed by atoms with Gasteiger partial charge < -0.3 is 14.4 Å². The molecular weight excluding hydrogens is 309 g/mol. The maximum absolute atomic E-state index is 13.5. The van der Waals surface area contributed by atoms with Crippen LogP contribution in [0.2, 0.25) is 0 Å². The van der Waals surface area contributed by atoms with Gasteiger partial charge in [0.05, 0.1) is 24.8 Å². The van der Waals surface area contributed by atoms with E-state index in [1.54, 1.807) is 13.0 Å². The molecule has 0 aliphatic carbocycles. The quantitative estimate of drug-likeness (QED) is 0.787. The Morgan fingerprint density at radius 1 is 1.29 bits per heavy atom. The Morgan fingerprint density at radius 2 is 2.08 bits per heavy atom. The van der Waals surface area contributed by atoms with Crippen LogP contribution in [0.4, 0.5) is 10.1 Å². The highest BCUT2D eigenvalue weighted by atomic mass is 19.1. The Morgan fingerprint density at radius 3 is 2.83 bits per heavy atom. The van der Waals surface area contributed by atoms with Gasteiger partial charge in [0.1, 0.15) is 18.2 Å². The fraction of sp³-hybridized carbons (Fsp3) is 0.316. The van der Waals surface area contributed by atoms with Crippen LogP contribution in [0, 0.1) is 5.82 Å². The molecule has 0 saturated carbocycles. The molecule has 0 unspecified atom stereocenters. The summed E-state index contributed by atoms with van der Waals surface area (Å²) < 4.78 is 24.2. The lowest BCUT2D eigenvalue weighted by atomic mass is 10.1. The summed E-state index contributed by atoms with van der Waals surface area (Å²) in [5, 5.41) is 0. The van der Waals surface area contributed by atoms with E-state index >= 15 is 0 Å². The number of carbonyl (C=O) groups excluding carboxylic acids is 1. The Bertz CT molecular complexity index is 705. The molecule has 0 spiro atoms. The van der Waals surface area contributed by atoms with Gasteiger partial charge in [-0.3, -0.25) is 4.79 Å². The van der Waals surface area contributed by atoms with Gasteiger partial charge in [-0.05, 0) is 24.6 Å². The first kappa shape index (κ1) is 16.3. The van der Waals surface area contributed by atoms with Crippen molar-refractivity contribution in [3.8, 4) is 5.75 Å². The molecule has 1 heterocycles. The predicted octanol–water partition coefficient (Wildman–Crippen LogP) is 3.55. The number of halogens is 1. The fourth-order valence-corrected chi connectivity index (χ4v) is 2.89. The Balaban J connectivity index is 1.88. The molecule has 0 N–H and O–H groups in total. The van der Waals surface area contributed by atoms with Crippen LogP contribution >= 0.6 is 0 Å². The second kappa shape index (κ2) is 7.34. The average Bonchev–Trinajstić information content (AvgIpc) is 2.58. The minimum Gasteiger partial charge on any atom is -0.489 e. The molecule has 24 heavy (non-hydrogen) atoms. The number of hydrogen-bond acceptors (Lipinski definition) is 4. The van der Waals surface area contributed by atoms with Crippen LogP contribution in [-0.2, 0) is 16.1 Å². The zero-order valence-corrected chi connectivity index (χ0v) is 13.6. The monoisotopic (exact) mass is 329 g/mol. The Kier molecular flexibility index (Phi) is 4.99. The van der Waals surface area contributed by atoms with Crippen molar-refractivity contribution in [2.45, 2.75) is 25.9 Å². The molecule has 5 heteroatoms. The minimum absolute atomic E-state index is 0.151. The van der Waals surface area contributed by atoms with Crippen molar-refractivity contribution in [2.75, 3.05) is 18.1 Å². The molecule has 1 aliphatic rings.